The average Bonchev–Trinajstić information content (AvgIpc) is 3.63. The summed E-state index contributed by atoms with van der Waals surface area (Å²) in [5.74, 6) is 0.396. The zero-order chi connectivity index (χ0) is 32.3. The molecule has 45 heavy (non-hydrogen) atoms. The molecule has 4 fully saturated rings. The lowest BCUT2D eigenvalue weighted by Gasteiger charge is -2.64. The average molecular weight is 622 g/mol. The van der Waals surface area contributed by atoms with Gasteiger partial charge in [-0.15, -0.1) is 5.10 Å². The molecule has 0 aliphatic heterocycles. The van der Waals surface area contributed by atoms with Crippen molar-refractivity contribution in [3.8, 4) is 11.3 Å². The quantitative estimate of drug-likeness (QED) is 0.312. The van der Waals surface area contributed by atoms with Crippen LogP contribution in [0.4, 0.5) is 4.39 Å². The summed E-state index contributed by atoms with van der Waals surface area (Å²) < 4.78 is 26.7. The summed E-state index contributed by atoms with van der Waals surface area (Å²) in [5.41, 5.74) is 0.505. The highest BCUT2D eigenvalue weighted by Gasteiger charge is 2.70. The van der Waals surface area contributed by atoms with Gasteiger partial charge < -0.3 is 9.47 Å². The molecule has 11 atom stereocenters. The van der Waals surface area contributed by atoms with Crippen LogP contribution in [-0.4, -0.2) is 45.9 Å². The molecule has 0 spiro atoms. The van der Waals surface area contributed by atoms with E-state index in [1.54, 1.807) is 16.8 Å². The fourth-order valence-corrected chi connectivity index (χ4v) is 10.6. The van der Waals surface area contributed by atoms with Crippen molar-refractivity contribution in [2.75, 3.05) is 7.11 Å². The maximum atomic E-state index is 15.4. The molecule has 244 valence electrons. The minimum atomic E-state index is -0.688. The summed E-state index contributed by atoms with van der Waals surface area (Å²) in [7, 11) is 1.41. The summed E-state index contributed by atoms with van der Waals surface area (Å²) in [6.07, 6.45) is 8.28. The van der Waals surface area contributed by atoms with Crippen LogP contribution in [0, 0.1) is 58.1 Å². The summed E-state index contributed by atoms with van der Waals surface area (Å²) in [6, 6.07) is 5.59. The topological polar surface area (TPSA) is 100 Å². The molecular weight excluding hydrogens is 573 g/mol. The second kappa shape index (κ2) is 11.9. The molecule has 8 nitrogen and oxygen atoms in total. The molecule has 6 rings (SSSR count). The first kappa shape index (κ1) is 31.9. The van der Waals surface area contributed by atoms with Crippen LogP contribution in [-0.2, 0) is 23.9 Å². The summed E-state index contributed by atoms with van der Waals surface area (Å²) in [6.45, 7) is 10.5. The van der Waals surface area contributed by atoms with Gasteiger partial charge >= 0.3 is 11.9 Å². The third-order valence-electron chi connectivity index (χ3n) is 12.8. The maximum Gasteiger partial charge on any atom is 0.305 e. The van der Waals surface area contributed by atoms with Gasteiger partial charge in [0.15, 0.2) is 5.78 Å². The number of Topliss-reactive ketones (excluding diaryl/α,β-unsaturated/α-hetero) is 1. The fraction of sp³-hybridized carbons (Fsp3) is 0.694. The third-order valence-corrected chi connectivity index (χ3v) is 12.8. The monoisotopic (exact) mass is 621 g/mol. The van der Waals surface area contributed by atoms with E-state index in [0.29, 0.717) is 30.4 Å². The molecule has 1 heterocycles. The number of benzene rings is 1. The Morgan fingerprint density at radius 2 is 1.87 bits per heavy atom. The second-order valence-electron chi connectivity index (χ2n) is 15.1. The van der Waals surface area contributed by atoms with E-state index < -0.39 is 11.5 Å². The Morgan fingerprint density at radius 1 is 1.13 bits per heavy atom. The molecule has 0 bridgehead atoms. The van der Waals surface area contributed by atoms with E-state index in [1.165, 1.54) is 26.2 Å². The van der Waals surface area contributed by atoms with Crippen LogP contribution in [0.5, 0.6) is 0 Å². The lowest BCUT2D eigenvalue weighted by molar-refractivity contribution is -0.203. The lowest BCUT2D eigenvalue weighted by atomic mass is 9.41. The van der Waals surface area contributed by atoms with Gasteiger partial charge in [-0.1, -0.05) is 39.3 Å². The van der Waals surface area contributed by atoms with Crippen molar-refractivity contribution in [2.45, 2.75) is 98.1 Å². The summed E-state index contributed by atoms with van der Waals surface area (Å²) in [5, 5.41) is 9.11. The van der Waals surface area contributed by atoms with Gasteiger partial charge in [0.05, 0.1) is 13.3 Å². The van der Waals surface area contributed by atoms with Crippen LogP contribution < -0.4 is 0 Å². The zero-order valence-corrected chi connectivity index (χ0v) is 27.5. The predicted octanol–water partition coefficient (Wildman–Crippen LogP) is 6.84. The van der Waals surface area contributed by atoms with Gasteiger partial charge in [0, 0.05) is 36.2 Å². The molecule has 4 saturated carbocycles. The van der Waals surface area contributed by atoms with Crippen molar-refractivity contribution in [3.63, 3.8) is 0 Å². The molecule has 4 aliphatic carbocycles. The molecule has 2 aromatic rings. The maximum absolute atomic E-state index is 15.4. The third kappa shape index (κ3) is 5.32. The van der Waals surface area contributed by atoms with Crippen LogP contribution in [0.25, 0.3) is 11.3 Å². The Kier molecular flexibility index (Phi) is 8.44. The Labute approximate surface area is 265 Å². The molecule has 0 amide bonds. The molecule has 0 saturated heterocycles. The van der Waals surface area contributed by atoms with E-state index in [-0.39, 0.29) is 64.6 Å². The van der Waals surface area contributed by atoms with Crippen molar-refractivity contribution in [1.29, 1.82) is 0 Å². The van der Waals surface area contributed by atoms with Crippen LogP contribution in [0.2, 0.25) is 0 Å². The highest BCUT2D eigenvalue weighted by Crippen LogP contribution is 2.70. The Hall–Kier alpha value is -3.10. The zero-order valence-electron chi connectivity index (χ0n) is 27.5. The van der Waals surface area contributed by atoms with E-state index in [1.807, 2.05) is 6.20 Å². The van der Waals surface area contributed by atoms with E-state index in [0.717, 1.165) is 44.1 Å². The predicted molar refractivity (Wildman–Crippen MR) is 166 cm³/mol. The van der Waals surface area contributed by atoms with E-state index in [9.17, 15) is 14.0 Å². The van der Waals surface area contributed by atoms with Crippen molar-refractivity contribution in [1.82, 2.24) is 15.0 Å². The van der Waals surface area contributed by atoms with Gasteiger partial charge in [0.1, 0.15) is 23.7 Å². The van der Waals surface area contributed by atoms with Crippen molar-refractivity contribution in [2.24, 2.45) is 52.3 Å². The normalized spacial score (nSPS) is 38.1. The largest absolute Gasteiger partial charge is 0.469 e. The van der Waals surface area contributed by atoms with Crippen LogP contribution in [0.3, 0.4) is 0 Å². The Morgan fingerprint density at radius 3 is 2.56 bits per heavy atom. The van der Waals surface area contributed by atoms with Gasteiger partial charge in [0.2, 0.25) is 0 Å². The lowest BCUT2D eigenvalue weighted by Crippen LogP contribution is -2.65. The van der Waals surface area contributed by atoms with E-state index >= 15 is 4.79 Å². The molecule has 1 aromatic carbocycles. The number of ether oxygens (including phenoxy) is 2. The number of methoxy groups -OCH3 is 1. The molecule has 1 aromatic heterocycles. The number of aromatic nitrogens is 3. The number of esters is 2. The van der Waals surface area contributed by atoms with Crippen molar-refractivity contribution >= 4 is 17.7 Å². The van der Waals surface area contributed by atoms with Crippen molar-refractivity contribution < 1.29 is 28.2 Å². The SMILES string of the molecule is COC(=O)CC[C@@H](C)C1CCC2C3C([C@H](n4cc(-c5ccc(F)cc5)nn4)C(=O)[C@@]21C)[C@@]1(C)CC[C@@H](C)C[C@H]1C[C@H]3OC(C)=O. The molecule has 0 N–H and O–H groups in total. The van der Waals surface area contributed by atoms with Crippen LogP contribution >= 0.6 is 0 Å². The molecule has 4 aliphatic rings. The number of halogens is 1. The highest BCUT2D eigenvalue weighted by atomic mass is 19.1. The molecule has 9 heteroatoms. The smallest absolute Gasteiger partial charge is 0.305 e. The van der Waals surface area contributed by atoms with E-state index in [2.05, 4.69) is 38.0 Å². The highest BCUT2D eigenvalue weighted by molar-refractivity contribution is 5.91. The standard InChI is InChI=1S/C36H48FN3O5/c1-20-15-16-35(4)24(17-20)18-29(45-22(3)41)31-27-13-12-26(21(2)7-14-30(42)44-6)36(27,5)34(43)33(32(31)35)40-19-28(38-39-40)23-8-10-25(37)11-9-23/h8-11,19-21,24,26-27,29,31-33H,7,12-18H2,1-6H3/t20-,21-,24+,26?,27?,29-,31?,32?,33+,35+,36-/m1/s1. The number of fused-ring (bicyclic) bond motifs is 5. The Balaban J connectivity index is 1.47. The molecule has 0 radical (unpaired) electrons. The fourth-order valence-electron chi connectivity index (χ4n) is 10.6. The van der Waals surface area contributed by atoms with Crippen LogP contribution in [0.1, 0.15) is 92.0 Å². The first-order valence-corrected chi connectivity index (χ1v) is 16.8. The number of carbonyl (C=O) groups is 3. The minimum absolute atomic E-state index is 0.00691. The van der Waals surface area contributed by atoms with Gasteiger partial charge in [-0.2, -0.15) is 0 Å². The number of nitrogens with zero attached hydrogens (tertiary/aromatic N) is 3. The van der Waals surface area contributed by atoms with Gasteiger partial charge in [-0.25, -0.2) is 9.07 Å². The van der Waals surface area contributed by atoms with Crippen LogP contribution in [0.15, 0.2) is 30.5 Å². The summed E-state index contributed by atoms with van der Waals surface area (Å²) >= 11 is 0. The summed E-state index contributed by atoms with van der Waals surface area (Å²) in [4.78, 5) is 40.1. The number of hydrogen-bond acceptors (Lipinski definition) is 7. The molecular formula is C36H48FN3O5. The van der Waals surface area contributed by atoms with Gasteiger partial charge in [-0.3, -0.25) is 14.4 Å². The molecule has 4 unspecified atom stereocenters. The second-order valence-corrected chi connectivity index (χ2v) is 15.1. The number of carbonyl (C=O) groups excluding carboxylic acids is 3. The number of rotatable bonds is 7. The van der Waals surface area contributed by atoms with E-state index in [4.69, 9.17) is 9.47 Å². The Bertz CT molecular complexity index is 1440. The minimum Gasteiger partial charge on any atom is -0.469 e. The van der Waals surface area contributed by atoms with Gasteiger partial charge in [0.25, 0.3) is 0 Å². The van der Waals surface area contributed by atoms with Gasteiger partial charge in [-0.05, 0) is 97.8 Å². The number of ketones is 1. The van der Waals surface area contributed by atoms with Crippen molar-refractivity contribution in [3.05, 3.63) is 36.3 Å². The first-order valence-electron chi connectivity index (χ1n) is 16.8. The first-order chi connectivity index (χ1) is 21.4. The number of hydrogen-bond donors (Lipinski definition) is 0.